The van der Waals surface area contributed by atoms with E-state index in [0.29, 0.717) is 44.9 Å². The topological polar surface area (TPSA) is 87.7 Å². The molecule has 2 aromatic heterocycles. The van der Waals surface area contributed by atoms with Crippen molar-refractivity contribution in [2.75, 3.05) is 37.7 Å². The summed E-state index contributed by atoms with van der Waals surface area (Å²) in [6, 6.07) is 7.21. The van der Waals surface area contributed by atoms with E-state index in [0.717, 1.165) is 11.4 Å². The van der Waals surface area contributed by atoms with Gasteiger partial charge < -0.3 is 19.9 Å². The number of hydrogen-bond acceptors (Lipinski definition) is 6. The SMILES string of the molecule is CCOC(=O)c1ccc(N2CCN(C(=O)NCc3ccncc3)CC2)nc1. The fourth-order valence-corrected chi connectivity index (χ4v) is 2.84. The van der Waals surface area contributed by atoms with Crippen LogP contribution in [0.1, 0.15) is 22.8 Å². The van der Waals surface area contributed by atoms with Crippen molar-refractivity contribution in [3.63, 3.8) is 0 Å². The minimum Gasteiger partial charge on any atom is -0.462 e. The zero-order chi connectivity index (χ0) is 19.1. The first-order valence-electron chi connectivity index (χ1n) is 8.97. The van der Waals surface area contributed by atoms with E-state index in [4.69, 9.17) is 4.74 Å². The highest BCUT2D eigenvalue weighted by molar-refractivity contribution is 5.89. The average Bonchev–Trinajstić information content (AvgIpc) is 2.73. The van der Waals surface area contributed by atoms with Gasteiger partial charge in [-0.2, -0.15) is 0 Å². The predicted octanol–water partition coefficient (Wildman–Crippen LogP) is 1.69. The van der Waals surface area contributed by atoms with Crippen LogP contribution in [-0.2, 0) is 11.3 Å². The molecule has 0 saturated carbocycles. The number of urea groups is 1. The van der Waals surface area contributed by atoms with Gasteiger partial charge in [0.15, 0.2) is 0 Å². The Labute approximate surface area is 158 Å². The molecule has 3 rings (SSSR count). The Kier molecular flexibility index (Phi) is 6.19. The highest BCUT2D eigenvalue weighted by Crippen LogP contribution is 2.15. The molecular weight excluding hydrogens is 346 g/mol. The Hall–Kier alpha value is -3.16. The smallest absolute Gasteiger partial charge is 0.339 e. The summed E-state index contributed by atoms with van der Waals surface area (Å²) in [5, 5.41) is 2.93. The second-order valence-electron chi connectivity index (χ2n) is 6.11. The highest BCUT2D eigenvalue weighted by Gasteiger charge is 2.22. The van der Waals surface area contributed by atoms with Crippen molar-refractivity contribution in [2.24, 2.45) is 0 Å². The van der Waals surface area contributed by atoms with Crippen LogP contribution in [0.15, 0.2) is 42.9 Å². The van der Waals surface area contributed by atoms with E-state index in [2.05, 4.69) is 20.2 Å². The van der Waals surface area contributed by atoms with Gasteiger partial charge in [-0.05, 0) is 36.8 Å². The third kappa shape index (κ3) is 4.93. The number of piperazine rings is 1. The molecule has 2 amide bonds. The lowest BCUT2D eigenvalue weighted by Crippen LogP contribution is -2.51. The van der Waals surface area contributed by atoms with Crippen molar-refractivity contribution in [3.05, 3.63) is 54.0 Å². The van der Waals surface area contributed by atoms with Crippen LogP contribution < -0.4 is 10.2 Å². The molecule has 142 valence electrons. The molecule has 1 aliphatic heterocycles. The minimum atomic E-state index is -0.368. The van der Waals surface area contributed by atoms with Gasteiger partial charge in [0.05, 0.1) is 12.2 Å². The first-order chi connectivity index (χ1) is 13.2. The lowest BCUT2D eigenvalue weighted by atomic mass is 10.2. The van der Waals surface area contributed by atoms with Gasteiger partial charge in [-0.3, -0.25) is 4.98 Å². The van der Waals surface area contributed by atoms with Crippen LogP contribution in [0.3, 0.4) is 0 Å². The average molecular weight is 369 g/mol. The Bertz CT molecular complexity index is 759. The van der Waals surface area contributed by atoms with Crippen molar-refractivity contribution in [3.8, 4) is 0 Å². The Morgan fingerprint density at radius 1 is 1.11 bits per heavy atom. The number of nitrogens with zero attached hydrogens (tertiary/aromatic N) is 4. The lowest BCUT2D eigenvalue weighted by molar-refractivity contribution is 0.0526. The van der Waals surface area contributed by atoms with Crippen LogP contribution in [0.25, 0.3) is 0 Å². The highest BCUT2D eigenvalue weighted by atomic mass is 16.5. The van der Waals surface area contributed by atoms with Crippen LogP contribution in [0, 0.1) is 0 Å². The molecule has 0 aliphatic carbocycles. The first kappa shape index (κ1) is 18.6. The summed E-state index contributed by atoms with van der Waals surface area (Å²) in [5.74, 6) is 0.423. The van der Waals surface area contributed by atoms with E-state index in [1.807, 2.05) is 18.2 Å². The van der Waals surface area contributed by atoms with E-state index in [1.165, 1.54) is 6.20 Å². The second kappa shape index (κ2) is 8.98. The van der Waals surface area contributed by atoms with Crippen molar-refractivity contribution >= 4 is 17.8 Å². The summed E-state index contributed by atoms with van der Waals surface area (Å²) in [6.07, 6.45) is 4.95. The van der Waals surface area contributed by atoms with Gasteiger partial charge in [-0.1, -0.05) is 0 Å². The summed E-state index contributed by atoms with van der Waals surface area (Å²) < 4.78 is 4.96. The van der Waals surface area contributed by atoms with Gasteiger partial charge in [0, 0.05) is 51.3 Å². The van der Waals surface area contributed by atoms with Crippen molar-refractivity contribution in [1.82, 2.24) is 20.2 Å². The number of carbonyl (C=O) groups is 2. The summed E-state index contributed by atoms with van der Waals surface area (Å²) in [6.45, 7) is 5.20. The van der Waals surface area contributed by atoms with Gasteiger partial charge in [0.2, 0.25) is 0 Å². The third-order valence-corrected chi connectivity index (χ3v) is 4.34. The molecular formula is C19H23N5O3. The molecule has 0 aromatic carbocycles. The molecule has 0 radical (unpaired) electrons. The number of rotatable bonds is 5. The van der Waals surface area contributed by atoms with E-state index in [-0.39, 0.29) is 12.0 Å². The van der Waals surface area contributed by atoms with Crippen LogP contribution in [-0.4, -0.2) is 59.7 Å². The number of hydrogen-bond donors (Lipinski definition) is 1. The summed E-state index contributed by atoms with van der Waals surface area (Å²) in [7, 11) is 0. The Morgan fingerprint density at radius 3 is 2.48 bits per heavy atom. The molecule has 0 spiro atoms. The zero-order valence-corrected chi connectivity index (χ0v) is 15.3. The number of carbonyl (C=O) groups excluding carboxylic acids is 2. The van der Waals surface area contributed by atoms with Gasteiger partial charge in [-0.15, -0.1) is 0 Å². The lowest BCUT2D eigenvalue weighted by Gasteiger charge is -2.35. The largest absolute Gasteiger partial charge is 0.462 e. The number of amides is 2. The fraction of sp³-hybridized carbons (Fsp3) is 0.368. The maximum absolute atomic E-state index is 12.3. The molecule has 0 bridgehead atoms. The number of esters is 1. The molecule has 2 aromatic rings. The molecule has 1 saturated heterocycles. The first-order valence-corrected chi connectivity index (χ1v) is 8.97. The monoisotopic (exact) mass is 369 g/mol. The Morgan fingerprint density at radius 2 is 1.85 bits per heavy atom. The number of aromatic nitrogens is 2. The van der Waals surface area contributed by atoms with Crippen LogP contribution in [0.5, 0.6) is 0 Å². The summed E-state index contributed by atoms with van der Waals surface area (Å²) in [5.41, 5.74) is 1.46. The fourth-order valence-electron chi connectivity index (χ4n) is 2.84. The number of pyridine rings is 2. The standard InChI is InChI=1S/C19H23N5O3/c1-2-27-18(25)16-3-4-17(21-14-16)23-9-11-24(12-10-23)19(26)22-13-15-5-7-20-8-6-15/h3-8,14H,2,9-13H2,1H3,(H,22,26). The van der Waals surface area contributed by atoms with Crippen LogP contribution in [0.2, 0.25) is 0 Å². The number of nitrogens with one attached hydrogen (secondary N) is 1. The molecule has 8 nitrogen and oxygen atoms in total. The van der Waals surface area contributed by atoms with E-state index < -0.39 is 0 Å². The van der Waals surface area contributed by atoms with Crippen LogP contribution in [0.4, 0.5) is 10.6 Å². The minimum absolute atomic E-state index is 0.0721. The van der Waals surface area contributed by atoms with Gasteiger partial charge in [-0.25, -0.2) is 14.6 Å². The quantitative estimate of drug-likeness (QED) is 0.807. The van der Waals surface area contributed by atoms with E-state index >= 15 is 0 Å². The molecule has 1 aliphatic rings. The van der Waals surface area contributed by atoms with Gasteiger partial charge >= 0.3 is 12.0 Å². The maximum atomic E-state index is 12.3. The predicted molar refractivity (Wildman–Crippen MR) is 100 cm³/mol. The third-order valence-electron chi connectivity index (χ3n) is 4.34. The van der Waals surface area contributed by atoms with Crippen molar-refractivity contribution in [2.45, 2.75) is 13.5 Å². The van der Waals surface area contributed by atoms with E-state index in [1.54, 1.807) is 30.3 Å². The van der Waals surface area contributed by atoms with Gasteiger partial charge in [0.1, 0.15) is 5.82 Å². The molecule has 1 fully saturated rings. The molecule has 1 N–H and O–H groups in total. The van der Waals surface area contributed by atoms with Crippen molar-refractivity contribution in [1.29, 1.82) is 0 Å². The molecule has 3 heterocycles. The van der Waals surface area contributed by atoms with Crippen LogP contribution >= 0.6 is 0 Å². The zero-order valence-electron chi connectivity index (χ0n) is 15.3. The number of anilines is 1. The summed E-state index contributed by atoms with van der Waals surface area (Å²) in [4.78, 5) is 36.2. The number of ether oxygens (including phenoxy) is 1. The molecule has 8 heteroatoms. The van der Waals surface area contributed by atoms with Crippen molar-refractivity contribution < 1.29 is 14.3 Å². The van der Waals surface area contributed by atoms with E-state index in [9.17, 15) is 9.59 Å². The molecule has 0 atom stereocenters. The normalized spacial score (nSPS) is 14.0. The summed E-state index contributed by atoms with van der Waals surface area (Å²) >= 11 is 0. The second-order valence-corrected chi connectivity index (χ2v) is 6.11. The maximum Gasteiger partial charge on any atom is 0.339 e. The Balaban J connectivity index is 1.48. The van der Waals surface area contributed by atoms with Gasteiger partial charge in [0.25, 0.3) is 0 Å². The molecule has 27 heavy (non-hydrogen) atoms. The molecule has 0 unspecified atom stereocenters.